The van der Waals surface area contributed by atoms with Crippen LogP contribution in [0.2, 0.25) is 0 Å². The molecule has 0 saturated heterocycles. The number of hydrogen-bond acceptors (Lipinski definition) is 4. The second-order valence-corrected chi connectivity index (χ2v) is 6.71. The number of carbonyl (C=O) groups excluding carboxylic acids is 1. The summed E-state index contributed by atoms with van der Waals surface area (Å²) in [6.07, 6.45) is 0. The molecule has 2 heterocycles. The van der Waals surface area contributed by atoms with E-state index in [2.05, 4.69) is 10.3 Å². The molecule has 0 bridgehead atoms. The van der Waals surface area contributed by atoms with Gasteiger partial charge in [-0.25, -0.2) is 9.78 Å². The average molecular weight is 366 g/mol. The smallest absolute Gasteiger partial charge is 0.332 e. The van der Waals surface area contributed by atoms with Crippen LogP contribution in [-0.4, -0.2) is 20.0 Å². The molecule has 3 aromatic rings. The molecule has 0 radical (unpaired) electrons. The Morgan fingerprint density at radius 1 is 1.19 bits per heavy atom. The molecule has 0 unspecified atom stereocenters. The van der Waals surface area contributed by atoms with Gasteiger partial charge in [-0.15, -0.1) is 0 Å². The SMILES string of the molecule is Cc1cc(C)c2c(=O)n(CC(=O)N[C@H](C)c3ccccc3)c(=O)n(C)c2n1. The van der Waals surface area contributed by atoms with Crippen molar-refractivity contribution in [2.45, 2.75) is 33.4 Å². The normalized spacial score (nSPS) is 12.1. The van der Waals surface area contributed by atoms with E-state index in [9.17, 15) is 14.4 Å². The van der Waals surface area contributed by atoms with Crippen molar-refractivity contribution in [1.29, 1.82) is 0 Å². The number of hydrogen-bond donors (Lipinski definition) is 1. The van der Waals surface area contributed by atoms with Gasteiger partial charge in [-0.05, 0) is 38.0 Å². The van der Waals surface area contributed by atoms with E-state index in [1.54, 1.807) is 27.0 Å². The Hall–Kier alpha value is -3.22. The molecule has 1 N–H and O–H groups in total. The monoisotopic (exact) mass is 366 g/mol. The van der Waals surface area contributed by atoms with Gasteiger partial charge in [0.1, 0.15) is 12.2 Å². The molecule has 1 amide bonds. The first-order valence-corrected chi connectivity index (χ1v) is 8.71. The Bertz CT molecular complexity index is 1130. The Kier molecular flexibility index (Phi) is 4.94. The van der Waals surface area contributed by atoms with Crippen LogP contribution in [0.5, 0.6) is 0 Å². The van der Waals surface area contributed by atoms with Gasteiger partial charge in [-0.2, -0.15) is 0 Å². The van der Waals surface area contributed by atoms with Gasteiger partial charge < -0.3 is 5.32 Å². The fraction of sp³-hybridized carbons (Fsp3) is 0.300. The van der Waals surface area contributed by atoms with Crippen molar-refractivity contribution >= 4 is 16.9 Å². The highest BCUT2D eigenvalue weighted by molar-refractivity contribution is 5.79. The third-order valence-electron chi connectivity index (χ3n) is 4.60. The molecule has 140 valence electrons. The van der Waals surface area contributed by atoms with E-state index in [4.69, 9.17) is 0 Å². The molecule has 1 aromatic carbocycles. The number of nitrogens with zero attached hydrogens (tertiary/aromatic N) is 3. The van der Waals surface area contributed by atoms with Crippen LogP contribution in [0, 0.1) is 13.8 Å². The van der Waals surface area contributed by atoms with Gasteiger partial charge in [0.2, 0.25) is 5.91 Å². The molecule has 0 aliphatic heterocycles. The van der Waals surface area contributed by atoms with Crippen molar-refractivity contribution in [3.05, 3.63) is 74.1 Å². The summed E-state index contributed by atoms with van der Waals surface area (Å²) in [5.74, 6) is -0.400. The highest BCUT2D eigenvalue weighted by Crippen LogP contribution is 2.13. The maximum absolute atomic E-state index is 12.9. The first-order chi connectivity index (χ1) is 12.8. The number of rotatable bonds is 4. The summed E-state index contributed by atoms with van der Waals surface area (Å²) >= 11 is 0. The fourth-order valence-electron chi connectivity index (χ4n) is 3.21. The zero-order chi connectivity index (χ0) is 19.7. The summed E-state index contributed by atoms with van der Waals surface area (Å²) < 4.78 is 2.27. The van der Waals surface area contributed by atoms with Crippen LogP contribution in [0.25, 0.3) is 11.0 Å². The van der Waals surface area contributed by atoms with Crippen molar-refractivity contribution in [3.63, 3.8) is 0 Å². The molecule has 0 fully saturated rings. The number of benzene rings is 1. The number of aryl methyl sites for hydroxylation is 3. The number of nitrogens with one attached hydrogen (secondary N) is 1. The highest BCUT2D eigenvalue weighted by Gasteiger charge is 2.17. The van der Waals surface area contributed by atoms with Gasteiger partial charge >= 0.3 is 5.69 Å². The molecule has 0 saturated carbocycles. The van der Waals surface area contributed by atoms with Crippen LogP contribution in [0.3, 0.4) is 0 Å². The summed E-state index contributed by atoms with van der Waals surface area (Å²) in [4.78, 5) is 42.2. The molecular weight excluding hydrogens is 344 g/mol. The lowest BCUT2D eigenvalue weighted by Crippen LogP contribution is -2.44. The average Bonchev–Trinajstić information content (AvgIpc) is 2.63. The van der Waals surface area contributed by atoms with Crippen molar-refractivity contribution < 1.29 is 4.79 Å². The van der Waals surface area contributed by atoms with Crippen molar-refractivity contribution in [1.82, 2.24) is 19.4 Å². The van der Waals surface area contributed by atoms with Gasteiger partial charge in [0.15, 0.2) is 0 Å². The van der Waals surface area contributed by atoms with E-state index in [0.29, 0.717) is 11.0 Å². The number of aromatic nitrogens is 3. The maximum Gasteiger partial charge on any atom is 0.332 e. The molecule has 3 rings (SSSR count). The summed E-state index contributed by atoms with van der Waals surface area (Å²) in [5.41, 5.74) is 1.66. The lowest BCUT2D eigenvalue weighted by atomic mass is 10.1. The van der Waals surface area contributed by atoms with Crippen molar-refractivity contribution in [2.24, 2.45) is 7.05 Å². The van der Waals surface area contributed by atoms with Crippen molar-refractivity contribution in [3.8, 4) is 0 Å². The Morgan fingerprint density at radius 2 is 1.85 bits per heavy atom. The molecule has 27 heavy (non-hydrogen) atoms. The highest BCUT2D eigenvalue weighted by atomic mass is 16.2. The molecule has 0 aliphatic carbocycles. The summed E-state index contributed by atoms with van der Waals surface area (Å²) in [7, 11) is 1.55. The standard InChI is InChI=1S/C20H22N4O3/c1-12-10-13(2)21-18-17(12)19(26)24(20(27)23(18)4)11-16(25)22-14(3)15-8-6-5-7-9-15/h5-10,14H,11H2,1-4H3,(H,22,25)/t14-/m1/s1. The van der Waals surface area contributed by atoms with Gasteiger partial charge in [0.05, 0.1) is 11.4 Å². The van der Waals surface area contributed by atoms with Crippen LogP contribution >= 0.6 is 0 Å². The Labute approximate surface area is 156 Å². The minimum Gasteiger partial charge on any atom is -0.348 e. The van der Waals surface area contributed by atoms with Crippen LogP contribution in [0.1, 0.15) is 29.8 Å². The minimum absolute atomic E-state index is 0.232. The van der Waals surface area contributed by atoms with E-state index in [1.165, 1.54) is 4.57 Å². The van der Waals surface area contributed by atoms with Gasteiger partial charge in [0, 0.05) is 12.7 Å². The first-order valence-electron chi connectivity index (χ1n) is 8.71. The largest absolute Gasteiger partial charge is 0.348 e. The van der Waals surface area contributed by atoms with E-state index < -0.39 is 17.2 Å². The molecule has 0 aliphatic rings. The second kappa shape index (κ2) is 7.19. The third-order valence-corrected chi connectivity index (χ3v) is 4.60. The Balaban J connectivity index is 1.97. The molecule has 7 nitrogen and oxygen atoms in total. The topological polar surface area (TPSA) is 86.0 Å². The minimum atomic E-state index is -0.562. The quantitative estimate of drug-likeness (QED) is 0.760. The van der Waals surface area contributed by atoms with Crippen molar-refractivity contribution in [2.75, 3.05) is 0 Å². The predicted molar refractivity (Wildman–Crippen MR) is 104 cm³/mol. The van der Waals surface area contributed by atoms with E-state index in [-0.39, 0.29) is 12.6 Å². The lowest BCUT2D eigenvalue weighted by Gasteiger charge is -2.16. The molecule has 7 heteroatoms. The summed E-state index contributed by atoms with van der Waals surface area (Å²) in [5, 5.41) is 3.18. The van der Waals surface area contributed by atoms with Gasteiger partial charge in [-0.3, -0.25) is 18.7 Å². The first kappa shape index (κ1) is 18.6. The molecule has 0 spiro atoms. The van der Waals surface area contributed by atoms with Crippen LogP contribution in [0.4, 0.5) is 0 Å². The van der Waals surface area contributed by atoms with Gasteiger partial charge in [0.25, 0.3) is 5.56 Å². The molecular formula is C20H22N4O3. The van der Waals surface area contributed by atoms with Crippen LogP contribution in [0.15, 0.2) is 46.0 Å². The number of carbonyl (C=O) groups is 1. The van der Waals surface area contributed by atoms with E-state index >= 15 is 0 Å². The predicted octanol–water partition coefficient (Wildman–Crippen LogP) is 1.59. The number of amides is 1. The number of fused-ring (bicyclic) bond motifs is 1. The summed E-state index contributed by atoms with van der Waals surface area (Å²) in [6.45, 7) is 5.11. The third kappa shape index (κ3) is 3.53. The fourth-order valence-corrected chi connectivity index (χ4v) is 3.21. The lowest BCUT2D eigenvalue weighted by molar-refractivity contribution is -0.122. The van der Waals surface area contributed by atoms with E-state index in [1.807, 2.05) is 37.3 Å². The van der Waals surface area contributed by atoms with Crippen LogP contribution in [-0.2, 0) is 18.4 Å². The van der Waals surface area contributed by atoms with Crippen LogP contribution < -0.4 is 16.6 Å². The summed E-state index contributed by atoms with van der Waals surface area (Å²) in [6, 6.07) is 11.0. The van der Waals surface area contributed by atoms with E-state index in [0.717, 1.165) is 21.4 Å². The maximum atomic E-state index is 12.9. The molecule has 1 atom stereocenters. The zero-order valence-corrected chi connectivity index (χ0v) is 15.8. The molecule has 2 aromatic heterocycles. The van der Waals surface area contributed by atoms with Gasteiger partial charge in [-0.1, -0.05) is 30.3 Å². The number of pyridine rings is 1. The zero-order valence-electron chi connectivity index (χ0n) is 15.8. The Morgan fingerprint density at radius 3 is 2.52 bits per heavy atom. The second-order valence-electron chi connectivity index (χ2n) is 6.71.